The zero-order valence-corrected chi connectivity index (χ0v) is 12.3. The fraction of sp³-hybridized carbons (Fsp3) is 0.0588. The molecule has 20 heavy (non-hydrogen) atoms. The van der Waals surface area contributed by atoms with Crippen molar-refractivity contribution in [2.75, 3.05) is 5.32 Å². The topological polar surface area (TPSA) is 12.0 Å². The first-order chi connectivity index (χ1) is 9.90. The van der Waals surface area contributed by atoms with Gasteiger partial charge in [0.1, 0.15) is 0 Å². The van der Waals surface area contributed by atoms with Crippen molar-refractivity contribution in [1.29, 1.82) is 0 Å². The second kappa shape index (κ2) is 3.84. The lowest BCUT2D eigenvalue weighted by molar-refractivity contribution is 1.23. The largest absolute Gasteiger partial charge is 0.338 e. The first kappa shape index (κ1) is 10.9. The van der Waals surface area contributed by atoms with E-state index in [0.29, 0.717) is 0 Å². The van der Waals surface area contributed by atoms with Gasteiger partial charge in [0, 0.05) is 15.8 Å². The molecule has 2 aromatic carbocycles. The van der Waals surface area contributed by atoms with Crippen molar-refractivity contribution in [1.82, 2.24) is 0 Å². The van der Waals surface area contributed by atoms with E-state index >= 15 is 0 Å². The molecule has 0 atom stereocenters. The fourth-order valence-corrected chi connectivity index (χ4v) is 5.35. The predicted octanol–water partition coefficient (Wildman–Crippen LogP) is 5.76. The summed E-state index contributed by atoms with van der Waals surface area (Å²) in [5.74, 6) is 0. The number of fused-ring (bicyclic) bond motifs is 6. The molecule has 3 heterocycles. The molecular formula is C17H11NS2. The minimum atomic E-state index is 1.05. The molecule has 0 bridgehead atoms. The maximum Gasteiger partial charge on any atom is 0.0981 e. The molecule has 0 unspecified atom stereocenters. The molecule has 2 aromatic heterocycles. The van der Waals surface area contributed by atoms with Crippen LogP contribution in [0.1, 0.15) is 11.1 Å². The van der Waals surface area contributed by atoms with Crippen LogP contribution in [0, 0.1) is 0 Å². The standard InChI is InChI=1S/C17H11NS2/c1-3-7-14-10(5-1)12-9-13-11-6-2-4-8-15(11)20-17(13)18-16(12)19-14/h1-8,18H,9H2. The SMILES string of the molecule is c1ccc2c3c(sc2c1)Nc1sc2ccccc2c1C3. The summed E-state index contributed by atoms with van der Waals surface area (Å²) in [6.07, 6.45) is 1.05. The van der Waals surface area contributed by atoms with E-state index in [1.807, 2.05) is 22.7 Å². The van der Waals surface area contributed by atoms with Crippen molar-refractivity contribution in [2.45, 2.75) is 6.42 Å². The average molecular weight is 293 g/mol. The smallest absolute Gasteiger partial charge is 0.0981 e. The van der Waals surface area contributed by atoms with E-state index in [1.165, 1.54) is 41.3 Å². The Morgan fingerprint density at radius 2 is 1.20 bits per heavy atom. The minimum absolute atomic E-state index is 1.05. The summed E-state index contributed by atoms with van der Waals surface area (Å²) in [6.45, 7) is 0. The van der Waals surface area contributed by atoms with E-state index < -0.39 is 0 Å². The van der Waals surface area contributed by atoms with E-state index in [0.717, 1.165) is 6.42 Å². The van der Waals surface area contributed by atoms with Crippen molar-refractivity contribution in [3.63, 3.8) is 0 Å². The van der Waals surface area contributed by atoms with Gasteiger partial charge in [-0.25, -0.2) is 0 Å². The normalized spacial score (nSPS) is 13.2. The summed E-state index contributed by atoms with van der Waals surface area (Å²) in [5.41, 5.74) is 2.92. The monoisotopic (exact) mass is 293 g/mol. The molecule has 3 heteroatoms. The van der Waals surface area contributed by atoms with Gasteiger partial charge in [0.05, 0.1) is 10.0 Å². The summed E-state index contributed by atoms with van der Waals surface area (Å²) in [6, 6.07) is 17.4. The second-order valence-corrected chi connectivity index (χ2v) is 7.22. The van der Waals surface area contributed by atoms with Gasteiger partial charge in [-0.3, -0.25) is 0 Å². The molecule has 0 aliphatic carbocycles. The van der Waals surface area contributed by atoms with Gasteiger partial charge in [-0.15, -0.1) is 22.7 Å². The zero-order chi connectivity index (χ0) is 13.1. The summed E-state index contributed by atoms with van der Waals surface area (Å²) < 4.78 is 2.76. The highest BCUT2D eigenvalue weighted by Crippen LogP contribution is 2.48. The van der Waals surface area contributed by atoms with Crippen LogP contribution in [0.2, 0.25) is 0 Å². The Bertz CT molecular complexity index is 884. The molecule has 96 valence electrons. The quantitative estimate of drug-likeness (QED) is 0.382. The maximum absolute atomic E-state index is 3.66. The highest BCUT2D eigenvalue weighted by molar-refractivity contribution is 7.25. The molecule has 0 fully saturated rings. The molecule has 0 spiro atoms. The number of nitrogens with one attached hydrogen (secondary N) is 1. The van der Waals surface area contributed by atoms with Crippen LogP contribution < -0.4 is 5.32 Å². The van der Waals surface area contributed by atoms with Gasteiger partial charge in [0.2, 0.25) is 0 Å². The number of hydrogen-bond acceptors (Lipinski definition) is 3. The first-order valence-electron chi connectivity index (χ1n) is 6.68. The number of hydrogen-bond donors (Lipinski definition) is 1. The van der Waals surface area contributed by atoms with Crippen LogP contribution in [-0.2, 0) is 6.42 Å². The fourth-order valence-electron chi connectivity index (χ4n) is 3.03. The highest BCUT2D eigenvalue weighted by Gasteiger charge is 2.23. The maximum atomic E-state index is 3.66. The van der Waals surface area contributed by atoms with Gasteiger partial charge >= 0.3 is 0 Å². The van der Waals surface area contributed by atoms with E-state index in [-0.39, 0.29) is 0 Å². The van der Waals surface area contributed by atoms with Crippen molar-refractivity contribution in [2.24, 2.45) is 0 Å². The van der Waals surface area contributed by atoms with E-state index in [9.17, 15) is 0 Å². The lowest BCUT2D eigenvalue weighted by Crippen LogP contribution is -2.01. The molecule has 0 radical (unpaired) electrons. The molecular weight excluding hydrogens is 282 g/mol. The van der Waals surface area contributed by atoms with Gasteiger partial charge in [0.15, 0.2) is 0 Å². The van der Waals surface area contributed by atoms with Crippen molar-refractivity contribution >= 4 is 52.8 Å². The zero-order valence-electron chi connectivity index (χ0n) is 10.6. The number of benzene rings is 2. The summed E-state index contributed by atoms with van der Waals surface area (Å²) in [7, 11) is 0. The lowest BCUT2D eigenvalue weighted by Gasteiger charge is -2.14. The molecule has 1 aliphatic rings. The van der Waals surface area contributed by atoms with Crippen molar-refractivity contribution in [3.8, 4) is 0 Å². The van der Waals surface area contributed by atoms with Crippen LogP contribution in [0.5, 0.6) is 0 Å². The van der Waals surface area contributed by atoms with E-state index in [4.69, 9.17) is 0 Å². The first-order valence-corrected chi connectivity index (χ1v) is 8.31. The molecule has 1 N–H and O–H groups in total. The molecule has 0 saturated heterocycles. The van der Waals surface area contributed by atoms with Crippen LogP contribution in [0.4, 0.5) is 10.0 Å². The van der Waals surface area contributed by atoms with Crippen molar-refractivity contribution < 1.29 is 0 Å². The Kier molecular flexibility index (Phi) is 2.09. The Labute approximate surface area is 124 Å². The Hall–Kier alpha value is -1.84. The van der Waals surface area contributed by atoms with Crippen molar-refractivity contribution in [3.05, 3.63) is 59.7 Å². The third kappa shape index (κ3) is 1.37. The number of thiophene rings is 2. The molecule has 0 saturated carbocycles. The minimum Gasteiger partial charge on any atom is -0.338 e. The summed E-state index contributed by atoms with van der Waals surface area (Å²) in [4.78, 5) is 0. The lowest BCUT2D eigenvalue weighted by atomic mass is 10.00. The Morgan fingerprint density at radius 1 is 0.700 bits per heavy atom. The summed E-state index contributed by atoms with van der Waals surface area (Å²) in [5, 5.41) is 9.11. The second-order valence-electron chi connectivity index (χ2n) is 5.11. The van der Waals surface area contributed by atoms with E-state index in [1.54, 1.807) is 0 Å². The molecule has 1 nitrogen and oxygen atoms in total. The van der Waals surface area contributed by atoms with Crippen LogP contribution in [-0.4, -0.2) is 0 Å². The molecule has 1 aliphatic heterocycles. The molecule has 4 aromatic rings. The van der Waals surface area contributed by atoms with Gasteiger partial charge in [-0.2, -0.15) is 0 Å². The predicted molar refractivity (Wildman–Crippen MR) is 89.7 cm³/mol. The van der Waals surface area contributed by atoms with Crippen LogP contribution in [0.15, 0.2) is 48.5 Å². The van der Waals surface area contributed by atoms with Crippen LogP contribution >= 0.6 is 22.7 Å². The summed E-state index contributed by atoms with van der Waals surface area (Å²) >= 11 is 3.74. The highest BCUT2D eigenvalue weighted by atomic mass is 32.1. The van der Waals surface area contributed by atoms with Gasteiger partial charge in [0.25, 0.3) is 0 Å². The van der Waals surface area contributed by atoms with Crippen LogP contribution in [0.25, 0.3) is 20.2 Å². The number of rotatable bonds is 0. The Morgan fingerprint density at radius 3 is 1.75 bits per heavy atom. The van der Waals surface area contributed by atoms with Gasteiger partial charge in [-0.1, -0.05) is 36.4 Å². The third-order valence-electron chi connectivity index (χ3n) is 3.98. The van der Waals surface area contributed by atoms with E-state index in [2.05, 4.69) is 53.8 Å². The van der Waals surface area contributed by atoms with Gasteiger partial charge < -0.3 is 5.32 Å². The number of anilines is 2. The third-order valence-corrected chi connectivity index (χ3v) is 6.23. The Balaban J connectivity index is 1.79. The average Bonchev–Trinajstić information content (AvgIpc) is 3.02. The van der Waals surface area contributed by atoms with Crippen LogP contribution in [0.3, 0.4) is 0 Å². The molecule has 0 amide bonds. The van der Waals surface area contributed by atoms with Gasteiger partial charge in [-0.05, 0) is 34.0 Å². The molecule has 5 rings (SSSR count).